The number of hydrogen-bond donors (Lipinski definition) is 1. The first-order valence-corrected chi connectivity index (χ1v) is 5.26. The van der Waals surface area contributed by atoms with Crippen molar-refractivity contribution >= 4 is 5.78 Å². The molecule has 0 amide bonds. The lowest BCUT2D eigenvalue weighted by molar-refractivity contribution is 0.0986. The number of nitrogens with one attached hydrogen (secondary N) is 1. The lowest BCUT2D eigenvalue weighted by atomic mass is 10.1. The third-order valence-corrected chi connectivity index (χ3v) is 2.40. The molecule has 0 heterocycles. The van der Waals surface area contributed by atoms with E-state index in [2.05, 4.69) is 5.32 Å². The molecule has 1 N–H and O–H groups in total. The predicted octanol–water partition coefficient (Wildman–Crippen LogP) is 1.25. The van der Waals surface area contributed by atoms with Crippen LogP contribution in [0.1, 0.15) is 10.4 Å². The largest absolute Gasteiger partial charge is 0.493 e. The van der Waals surface area contributed by atoms with Gasteiger partial charge in [-0.15, -0.1) is 0 Å². The average Bonchev–Trinajstić information content (AvgIpc) is 2.37. The molecule has 0 atom stereocenters. The average molecular weight is 257 g/mol. The normalized spacial score (nSPS) is 10.1. The highest BCUT2D eigenvalue weighted by molar-refractivity contribution is 6.03. The van der Waals surface area contributed by atoms with Gasteiger partial charge in [0.1, 0.15) is 5.56 Å². The van der Waals surface area contributed by atoms with Gasteiger partial charge in [0, 0.05) is 6.07 Å². The minimum Gasteiger partial charge on any atom is -0.493 e. The third-order valence-electron chi connectivity index (χ3n) is 2.40. The van der Waals surface area contributed by atoms with E-state index in [1.807, 2.05) is 0 Å². The second-order valence-electron chi connectivity index (χ2n) is 3.46. The molecule has 0 unspecified atom stereocenters. The topological polar surface area (TPSA) is 56.8 Å². The molecule has 0 spiro atoms. The van der Waals surface area contributed by atoms with Crippen LogP contribution in [-0.4, -0.2) is 40.7 Å². The zero-order chi connectivity index (χ0) is 13.7. The van der Waals surface area contributed by atoms with E-state index in [1.54, 1.807) is 7.05 Å². The number of carbonyl (C=O) groups is 1. The summed E-state index contributed by atoms with van der Waals surface area (Å²) < 4.78 is 28.8. The van der Waals surface area contributed by atoms with Crippen LogP contribution in [-0.2, 0) is 0 Å². The number of likely N-dealkylation sites (N-methyl/N-ethyl adjacent to an activating group) is 1. The highest BCUT2D eigenvalue weighted by Crippen LogP contribution is 2.39. The van der Waals surface area contributed by atoms with E-state index in [1.165, 1.54) is 21.3 Å². The van der Waals surface area contributed by atoms with Gasteiger partial charge in [0.15, 0.2) is 28.8 Å². The summed E-state index contributed by atoms with van der Waals surface area (Å²) in [4.78, 5) is 12.0. The number of rotatable bonds is 6. The Bertz CT molecular complexity index is 448. The van der Waals surface area contributed by atoms with E-state index in [9.17, 15) is 9.18 Å². The monoisotopic (exact) mass is 257 g/mol. The summed E-state index contributed by atoms with van der Waals surface area (Å²) in [5.74, 6) is -0.849. The predicted molar refractivity (Wildman–Crippen MR) is 64.3 cm³/mol. The van der Waals surface area contributed by atoms with Crippen LogP contribution in [0.4, 0.5) is 4.39 Å². The number of ketones is 1. The second-order valence-corrected chi connectivity index (χ2v) is 3.46. The summed E-state index contributed by atoms with van der Waals surface area (Å²) in [6.45, 7) is 0.0410. The van der Waals surface area contributed by atoms with Crippen LogP contribution in [0.15, 0.2) is 6.07 Å². The highest BCUT2D eigenvalue weighted by atomic mass is 19.1. The quantitative estimate of drug-likeness (QED) is 0.777. The minimum atomic E-state index is -0.672. The number of benzene rings is 1. The third kappa shape index (κ3) is 2.53. The summed E-state index contributed by atoms with van der Waals surface area (Å²) >= 11 is 0. The molecule has 0 aliphatic carbocycles. The van der Waals surface area contributed by atoms with Crippen LogP contribution in [0.5, 0.6) is 17.2 Å². The lowest BCUT2D eigenvalue weighted by Crippen LogP contribution is -2.20. The van der Waals surface area contributed by atoms with Crippen LogP contribution in [0.3, 0.4) is 0 Å². The zero-order valence-electron chi connectivity index (χ0n) is 10.8. The molecule has 100 valence electrons. The maximum Gasteiger partial charge on any atom is 0.184 e. The number of methoxy groups -OCH3 is 3. The van der Waals surface area contributed by atoms with Gasteiger partial charge in [-0.2, -0.15) is 0 Å². The molecule has 0 aromatic heterocycles. The first-order chi connectivity index (χ1) is 8.60. The fourth-order valence-electron chi connectivity index (χ4n) is 1.65. The van der Waals surface area contributed by atoms with Gasteiger partial charge in [0.25, 0.3) is 0 Å². The van der Waals surface area contributed by atoms with Gasteiger partial charge in [-0.1, -0.05) is 0 Å². The maximum atomic E-state index is 13.8. The lowest BCUT2D eigenvalue weighted by Gasteiger charge is -2.16. The molecule has 1 aromatic carbocycles. The fourth-order valence-corrected chi connectivity index (χ4v) is 1.65. The number of halogens is 1. The smallest absolute Gasteiger partial charge is 0.184 e. The van der Waals surface area contributed by atoms with E-state index in [-0.39, 0.29) is 35.1 Å². The van der Waals surface area contributed by atoms with Crippen LogP contribution >= 0.6 is 0 Å². The van der Waals surface area contributed by atoms with Crippen molar-refractivity contribution in [1.82, 2.24) is 5.32 Å². The zero-order valence-corrected chi connectivity index (χ0v) is 10.8. The van der Waals surface area contributed by atoms with E-state index >= 15 is 0 Å². The molecular formula is C12H16FNO4. The molecule has 0 saturated heterocycles. The van der Waals surface area contributed by atoms with Crippen LogP contribution < -0.4 is 19.5 Å². The molecule has 0 bridgehead atoms. The van der Waals surface area contributed by atoms with Crippen molar-refractivity contribution in [1.29, 1.82) is 0 Å². The Labute approximate surface area is 105 Å². The van der Waals surface area contributed by atoms with Gasteiger partial charge in [-0.3, -0.25) is 4.79 Å². The molecule has 0 fully saturated rings. The molecule has 0 radical (unpaired) electrons. The van der Waals surface area contributed by atoms with Gasteiger partial charge in [0.05, 0.1) is 27.9 Å². The van der Waals surface area contributed by atoms with E-state index < -0.39 is 5.82 Å². The highest BCUT2D eigenvalue weighted by Gasteiger charge is 2.25. The fraction of sp³-hybridized carbons (Fsp3) is 0.417. The summed E-state index contributed by atoms with van der Waals surface area (Å²) in [5.41, 5.74) is 0.0335. The summed E-state index contributed by atoms with van der Waals surface area (Å²) in [6.07, 6.45) is 0. The van der Waals surface area contributed by atoms with Gasteiger partial charge in [-0.05, 0) is 7.05 Å². The number of hydrogen-bond acceptors (Lipinski definition) is 5. The minimum absolute atomic E-state index is 0.0335. The first kappa shape index (κ1) is 14.2. The molecule has 6 heteroatoms. The van der Waals surface area contributed by atoms with Gasteiger partial charge in [0.2, 0.25) is 0 Å². The van der Waals surface area contributed by atoms with E-state index in [4.69, 9.17) is 14.2 Å². The Morgan fingerprint density at radius 1 is 1.22 bits per heavy atom. The molecule has 1 aromatic rings. The standard InChI is InChI=1S/C12H16FNO4/c1-14-6-8(15)10-11(17-3)7(13)5-9(16-2)12(10)18-4/h5,14H,6H2,1-4H3. The van der Waals surface area contributed by atoms with Crippen molar-refractivity contribution in [2.24, 2.45) is 0 Å². The summed E-state index contributed by atoms with van der Waals surface area (Å²) in [5, 5.41) is 2.70. The summed E-state index contributed by atoms with van der Waals surface area (Å²) in [7, 11) is 5.66. The van der Waals surface area contributed by atoms with Crippen molar-refractivity contribution in [3.8, 4) is 17.2 Å². The number of ether oxygens (including phenoxy) is 3. The molecular weight excluding hydrogens is 241 g/mol. The molecule has 0 saturated carbocycles. The maximum absolute atomic E-state index is 13.8. The van der Waals surface area contributed by atoms with Crippen molar-refractivity contribution in [3.63, 3.8) is 0 Å². The molecule has 5 nitrogen and oxygen atoms in total. The molecule has 18 heavy (non-hydrogen) atoms. The SMILES string of the molecule is CNCC(=O)c1c(OC)c(F)cc(OC)c1OC. The molecule has 1 rings (SSSR count). The van der Waals surface area contributed by atoms with Gasteiger partial charge in [-0.25, -0.2) is 4.39 Å². The number of carbonyl (C=O) groups excluding carboxylic acids is 1. The van der Waals surface area contributed by atoms with E-state index in [0.29, 0.717) is 0 Å². The van der Waals surface area contributed by atoms with Crippen LogP contribution in [0.2, 0.25) is 0 Å². The Balaban J connectivity index is 3.50. The van der Waals surface area contributed by atoms with Crippen molar-refractivity contribution < 1.29 is 23.4 Å². The first-order valence-electron chi connectivity index (χ1n) is 5.26. The van der Waals surface area contributed by atoms with Crippen molar-refractivity contribution in [3.05, 3.63) is 17.4 Å². The molecule has 0 aliphatic rings. The van der Waals surface area contributed by atoms with Crippen LogP contribution in [0.25, 0.3) is 0 Å². The van der Waals surface area contributed by atoms with Crippen molar-refractivity contribution in [2.45, 2.75) is 0 Å². The van der Waals surface area contributed by atoms with Gasteiger partial charge < -0.3 is 19.5 Å². The Kier molecular flexibility index (Phi) is 4.91. The van der Waals surface area contributed by atoms with Crippen molar-refractivity contribution in [2.75, 3.05) is 34.9 Å². The number of Topliss-reactive ketones (excluding diaryl/α,β-unsaturated/α-hetero) is 1. The Morgan fingerprint density at radius 3 is 2.28 bits per heavy atom. The molecule has 0 aliphatic heterocycles. The van der Waals surface area contributed by atoms with E-state index in [0.717, 1.165) is 6.07 Å². The van der Waals surface area contributed by atoms with Crippen LogP contribution in [0, 0.1) is 5.82 Å². The van der Waals surface area contributed by atoms with Gasteiger partial charge >= 0.3 is 0 Å². The summed E-state index contributed by atoms with van der Waals surface area (Å²) in [6, 6.07) is 1.12. The Morgan fingerprint density at radius 2 is 1.83 bits per heavy atom. The second kappa shape index (κ2) is 6.20. The Hall–Kier alpha value is -1.82.